The number of carboxylic acid groups (broad SMARTS) is 1. The number of pyridine rings is 1. The number of benzene rings is 1. The summed E-state index contributed by atoms with van der Waals surface area (Å²) in [5, 5.41) is 10.3. The molecular formula is C24H24F2N2O4. The number of rotatable bonds is 2. The molecule has 1 aromatic carbocycles. The standard InChI is InChI=1S/C24H24F2N2O4/c1-23(2,3)20-9-15-14(18-10-19(29)16(22(30)31)11-28(18)20)8-17(13-4-7-32-21(13)15)27-6-5-24(25,26)12-27/h4,7-8,10-11,20H,5-6,9,12H2,1-3H3,(H,30,31)/t20-/m0/s1. The first kappa shape index (κ1) is 20.7. The van der Waals surface area contributed by atoms with Gasteiger partial charge in [-0.05, 0) is 24.0 Å². The number of alkyl halides is 2. The van der Waals surface area contributed by atoms with Gasteiger partial charge in [-0.2, -0.15) is 0 Å². The van der Waals surface area contributed by atoms with Crippen LogP contribution in [0.2, 0.25) is 0 Å². The Hall–Kier alpha value is -3.16. The monoisotopic (exact) mass is 442 g/mol. The van der Waals surface area contributed by atoms with E-state index in [0.29, 0.717) is 28.9 Å². The SMILES string of the molecule is CC(C)(C)[C@@H]1Cc2c(cc(N3CCC(F)(F)C3)c3ccoc23)-c2cc(=O)c(C(=O)O)cn21. The van der Waals surface area contributed by atoms with Crippen molar-refractivity contribution in [3.05, 3.63) is 52.0 Å². The molecule has 0 radical (unpaired) electrons. The first-order valence-corrected chi connectivity index (χ1v) is 10.6. The molecule has 168 valence electrons. The van der Waals surface area contributed by atoms with E-state index in [1.54, 1.807) is 17.2 Å². The maximum Gasteiger partial charge on any atom is 0.341 e. The minimum absolute atomic E-state index is 0.126. The van der Waals surface area contributed by atoms with Crippen LogP contribution in [0.3, 0.4) is 0 Å². The van der Waals surface area contributed by atoms with E-state index in [9.17, 15) is 23.5 Å². The summed E-state index contributed by atoms with van der Waals surface area (Å²) in [4.78, 5) is 25.9. The Morgan fingerprint density at radius 2 is 2.03 bits per heavy atom. The highest BCUT2D eigenvalue weighted by Crippen LogP contribution is 2.47. The van der Waals surface area contributed by atoms with E-state index in [4.69, 9.17) is 4.42 Å². The lowest BCUT2D eigenvalue weighted by molar-refractivity contribution is 0.0257. The molecule has 0 saturated carbocycles. The molecular weight excluding hydrogens is 418 g/mol. The molecule has 2 aromatic heterocycles. The molecule has 2 aliphatic rings. The quantitative estimate of drug-likeness (QED) is 0.608. The number of hydrogen-bond donors (Lipinski definition) is 1. The lowest BCUT2D eigenvalue weighted by Crippen LogP contribution is -2.33. The Balaban J connectivity index is 1.79. The van der Waals surface area contributed by atoms with Crippen molar-refractivity contribution in [2.45, 2.75) is 45.6 Å². The van der Waals surface area contributed by atoms with Gasteiger partial charge in [-0.15, -0.1) is 0 Å². The second-order valence-electron chi connectivity index (χ2n) is 9.85. The van der Waals surface area contributed by atoms with E-state index in [0.717, 1.165) is 10.9 Å². The third-order valence-corrected chi connectivity index (χ3v) is 6.65. The number of hydrogen-bond acceptors (Lipinski definition) is 4. The fourth-order valence-electron chi connectivity index (χ4n) is 5.00. The smallest absolute Gasteiger partial charge is 0.341 e. The fraction of sp³-hybridized carbons (Fsp3) is 0.417. The number of aromatic nitrogens is 1. The molecule has 1 atom stereocenters. The summed E-state index contributed by atoms with van der Waals surface area (Å²) >= 11 is 0. The number of aromatic carboxylic acids is 1. The molecule has 0 bridgehead atoms. The number of nitrogens with zero attached hydrogens (tertiary/aromatic N) is 2. The second kappa shape index (κ2) is 6.67. The van der Waals surface area contributed by atoms with Crippen LogP contribution in [-0.2, 0) is 6.42 Å². The van der Waals surface area contributed by atoms with Crippen molar-refractivity contribution >= 4 is 22.6 Å². The van der Waals surface area contributed by atoms with Gasteiger partial charge in [0, 0.05) is 53.5 Å². The molecule has 2 aliphatic heterocycles. The summed E-state index contributed by atoms with van der Waals surface area (Å²) in [6, 6.07) is 4.86. The average molecular weight is 442 g/mol. The van der Waals surface area contributed by atoms with Crippen molar-refractivity contribution in [1.29, 1.82) is 0 Å². The Kier molecular flexibility index (Phi) is 4.32. The van der Waals surface area contributed by atoms with E-state index in [1.807, 2.05) is 10.6 Å². The van der Waals surface area contributed by atoms with E-state index in [2.05, 4.69) is 20.8 Å². The number of fused-ring (bicyclic) bond motifs is 5. The average Bonchev–Trinajstić information content (AvgIpc) is 3.31. The zero-order chi connectivity index (χ0) is 23.0. The summed E-state index contributed by atoms with van der Waals surface area (Å²) in [7, 11) is 0. The Labute approximate surface area is 183 Å². The number of halogens is 2. The molecule has 0 unspecified atom stereocenters. The first-order chi connectivity index (χ1) is 15.0. The van der Waals surface area contributed by atoms with Crippen molar-refractivity contribution < 1.29 is 23.1 Å². The third-order valence-electron chi connectivity index (χ3n) is 6.65. The van der Waals surface area contributed by atoms with Crippen LogP contribution in [0, 0.1) is 5.41 Å². The van der Waals surface area contributed by atoms with Gasteiger partial charge in [0.1, 0.15) is 11.1 Å². The van der Waals surface area contributed by atoms with Crippen molar-refractivity contribution in [3.8, 4) is 11.3 Å². The van der Waals surface area contributed by atoms with Crippen molar-refractivity contribution in [2.75, 3.05) is 18.0 Å². The number of carboxylic acids is 1. The summed E-state index contributed by atoms with van der Waals surface area (Å²) in [6.45, 7) is 6.03. The molecule has 32 heavy (non-hydrogen) atoms. The summed E-state index contributed by atoms with van der Waals surface area (Å²) in [6.07, 6.45) is 3.32. The zero-order valence-electron chi connectivity index (χ0n) is 18.1. The molecule has 1 fully saturated rings. The van der Waals surface area contributed by atoms with Crippen LogP contribution in [0.4, 0.5) is 14.5 Å². The highest BCUT2D eigenvalue weighted by atomic mass is 19.3. The van der Waals surface area contributed by atoms with E-state index in [1.165, 1.54) is 12.3 Å². The van der Waals surface area contributed by atoms with E-state index >= 15 is 0 Å². The van der Waals surface area contributed by atoms with E-state index in [-0.39, 0.29) is 36.5 Å². The van der Waals surface area contributed by atoms with Gasteiger partial charge >= 0.3 is 5.97 Å². The summed E-state index contributed by atoms with van der Waals surface area (Å²) in [5.74, 6) is -4.03. The highest BCUT2D eigenvalue weighted by Gasteiger charge is 2.40. The Morgan fingerprint density at radius 1 is 1.28 bits per heavy atom. The maximum absolute atomic E-state index is 14.0. The van der Waals surface area contributed by atoms with Gasteiger partial charge in [-0.1, -0.05) is 20.8 Å². The van der Waals surface area contributed by atoms with Gasteiger partial charge in [0.05, 0.1) is 18.5 Å². The molecule has 6 nitrogen and oxygen atoms in total. The second-order valence-corrected chi connectivity index (χ2v) is 9.85. The largest absolute Gasteiger partial charge is 0.477 e. The van der Waals surface area contributed by atoms with Crippen LogP contribution < -0.4 is 10.3 Å². The van der Waals surface area contributed by atoms with Crippen LogP contribution in [0.15, 0.2) is 39.9 Å². The van der Waals surface area contributed by atoms with Crippen molar-refractivity contribution in [3.63, 3.8) is 0 Å². The number of carbonyl (C=O) groups is 1. The van der Waals surface area contributed by atoms with Crippen molar-refractivity contribution in [1.82, 2.24) is 4.57 Å². The molecule has 3 aromatic rings. The molecule has 5 rings (SSSR count). The van der Waals surface area contributed by atoms with Crippen LogP contribution in [0.5, 0.6) is 0 Å². The van der Waals surface area contributed by atoms with Gasteiger partial charge in [-0.25, -0.2) is 13.6 Å². The molecule has 8 heteroatoms. The van der Waals surface area contributed by atoms with E-state index < -0.39 is 17.3 Å². The normalized spacial score (nSPS) is 19.8. The molecule has 0 amide bonds. The van der Waals surface area contributed by atoms with Gasteiger partial charge < -0.3 is 19.0 Å². The van der Waals surface area contributed by atoms with Crippen LogP contribution in [0.25, 0.3) is 22.2 Å². The van der Waals surface area contributed by atoms with Gasteiger partial charge in [0.25, 0.3) is 5.92 Å². The van der Waals surface area contributed by atoms with Gasteiger partial charge in [0.2, 0.25) is 0 Å². The zero-order valence-corrected chi connectivity index (χ0v) is 18.1. The molecule has 4 heterocycles. The molecule has 1 saturated heterocycles. The summed E-state index contributed by atoms with van der Waals surface area (Å²) < 4.78 is 35.6. The Bertz CT molecular complexity index is 1320. The molecule has 0 aliphatic carbocycles. The molecule has 0 spiro atoms. The number of anilines is 1. The minimum Gasteiger partial charge on any atom is -0.477 e. The number of furan rings is 1. The third kappa shape index (κ3) is 3.12. The summed E-state index contributed by atoms with van der Waals surface area (Å²) in [5.41, 5.74) is 2.35. The van der Waals surface area contributed by atoms with Crippen LogP contribution >= 0.6 is 0 Å². The van der Waals surface area contributed by atoms with Gasteiger partial charge in [0.15, 0.2) is 5.43 Å². The van der Waals surface area contributed by atoms with Crippen molar-refractivity contribution in [2.24, 2.45) is 5.41 Å². The topological polar surface area (TPSA) is 75.7 Å². The van der Waals surface area contributed by atoms with Crippen LogP contribution in [0.1, 0.15) is 49.2 Å². The van der Waals surface area contributed by atoms with Gasteiger partial charge in [-0.3, -0.25) is 4.79 Å². The predicted octanol–water partition coefficient (Wildman–Crippen LogP) is 4.95. The Morgan fingerprint density at radius 3 is 2.66 bits per heavy atom. The highest BCUT2D eigenvalue weighted by molar-refractivity contribution is 5.99. The lowest BCUT2D eigenvalue weighted by atomic mass is 9.78. The maximum atomic E-state index is 14.0. The fourth-order valence-corrected chi connectivity index (χ4v) is 5.00. The first-order valence-electron chi connectivity index (χ1n) is 10.6. The molecule has 1 N–H and O–H groups in total. The van der Waals surface area contributed by atoms with Crippen LogP contribution in [-0.4, -0.2) is 34.7 Å². The lowest BCUT2D eigenvalue weighted by Gasteiger charge is -2.39. The predicted molar refractivity (Wildman–Crippen MR) is 117 cm³/mol. The minimum atomic E-state index is -2.76.